The first-order valence-electron chi connectivity index (χ1n) is 8.72. The molecule has 1 amide bonds. The highest BCUT2D eigenvalue weighted by molar-refractivity contribution is 6.05. The molecule has 0 saturated carbocycles. The number of nitrogens with zero attached hydrogens (tertiary/aromatic N) is 5. The number of aromatic nitrogens is 3. The number of hydrogen-bond acceptors (Lipinski definition) is 8. The number of fused-ring (bicyclic) bond motifs is 1. The SMILES string of the molecule is COC(=O)c1ccc(N2CCN(C(=O)OC(C)(C)C)CC2)c2ncnnc12. The maximum atomic E-state index is 12.2. The van der Waals surface area contributed by atoms with Crippen LogP contribution in [0, 0.1) is 0 Å². The maximum absolute atomic E-state index is 12.2. The minimum Gasteiger partial charge on any atom is -0.465 e. The molecule has 0 bridgehead atoms. The van der Waals surface area contributed by atoms with Crippen molar-refractivity contribution in [1.29, 1.82) is 0 Å². The Bertz CT molecular complexity index is 856. The molecule has 0 atom stereocenters. The quantitative estimate of drug-likeness (QED) is 0.736. The lowest BCUT2D eigenvalue weighted by molar-refractivity contribution is 0.0240. The van der Waals surface area contributed by atoms with Crippen LogP contribution in [0.3, 0.4) is 0 Å². The molecule has 1 aliphatic heterocycles. The molecular weight excluding hydrogens is 350 g/mol. The lowest BCUT2D eigenvalue weighted by Crippen LogP contribution is -2.50. The first-order valence-corrected chi connectivity index (χ1v) is 8.72. The molecule has 144 valence electrons. The van der Waals surface area contributed by atoms with E-state index in [1.54, 1.807) is 11.0 Å². The molecule has 1 aliphatic rings. The zero-order valence-corrected chi connectivity index (χ0v) is 15.9. The number of methoxy groups -OCH3 is 1. The molecule has 0 spiro atoms. The Balaban J connectivity index is 1.80. The van der Waals surface area contributed by atoms with Crippen LogP contribution in [0.25, 0.3) is 11.0 Å². The van der Waals surface area contributed by atoms with Gasteiger partial charge in [0.2, 0.25) is 0 Å². The monoisotopic (exact) mass is 373 g/mol. The van der Waals surface area contributed by atoms with Crippen molar-refractivity contribution >= 4 is 28.8 Å². The number of benzene rings is 1. The summed E-state index contributed by atoms with van der Waals surface area (Å²) in [6.45, 7) is 7.86. The number of rotatable bonds is 2. The summed E-state index contributed by atoms with van der Waals surface area (Å²) in [4.78, 5) is 32.3. The van der Waals surface area contributed by atoms with E-state index in [-0.39, 0.29) is 6.09 Å². The maximum Gasteiger partial charge on any atom is 0.410 e. The van der Waals surface area contributed by atoms with Crippen molar-refractivity contribution in [2.75, 3.05) is 38.2 Å². The Labute approximate surface area is 157 Å². The number of piperazine rings is 1. The topological polar surface area (TPSA) is 97.8 Å². The number of hydrogen-bond donors (Lipinski definition) is 0. The number of carbonyl (C=O) groups is 2. The van der Waals surface area contributed by atoms with Crippen molar-refractivity contribution in [3.63, 3.8) is 0 Å². The minimum atomic E-state index is -0.517. The molecule has 1 fully saturated rings. The van der Waals surface area contributed by atoms with Gasteiger partial charge in [-0.05, 0) is 32.9 Å². The van der Waals surface area contributed by atoms with Gasteiger partial charge >= 0.3 is 12.1 Å². The predicted molar refractivity (Wildman–Crippen MR) is 98.7 cm³/mol. The van der Waals surface area contributed by atoms with Crippen molar-refractivity contribution in [3.05, 3.63) is 24.0 Å². The zero-order chi connectivity index (χ0) is 19.6. The van der Waals surface area contributed by atoms with Crippen LogP contribution >= 0.6 is 0 Å². The van der Waals surface area contributed by atoms with Gasteiger partial charge in [-0.3, -0.25) is 0 Å². The summed E-state index contributed by atoms with van der Waals surface area (Å²) in [5.41, 5.74) is 1.63. The Kier molecular flexibility index (Phi) is 5.11. The van der Waals surface area contributed by atoms with Gasteiger partial charge in [0.1, 0.15) is 23.0 Å². The molecule has 1 aromatic heterocycles. The molecule has 3 rings (SSSR count). The molecule has 27 heavy (non-hydrogen) atoms. The number of ether oxygens (including phenoxy) is 2. The summed E-state index contributed by atoms with van der Waals surface area (Å²) < 4.78 is 10.2. The highest BCUT2D eigenvalue weighted by Gasteiger charge is 2.27. The highest BCUT2D eigenvalue weighted by Crippen LogP contribution is 2.27. The molecular formula is C18H23N5O4. The van der Waals surface area contributed by atoms with Crippen LogP contribution in [0.15, 0.2) is 18.5 Å². The van der Waals surface area contributed by atoms with Crippen LogP contribution in [0.2, 0.25) is 0 Å². The third-order valence-corrected chi connectivity index (χ3v) is 4.20. The Morgan fingerprint density at radius 2 is 1.78 bits per heavy atom. The first-order chi connectivity index (χ1) is 12.8. The average Bonchev–Trinajstić information content (AvgIpc) is 2.65. The first kappa shape index (κ1) is 18.8. The van der Waals surface area contributed by atoms with Gasteiger partial charge in [-0.15, -0.1) is 10.2 Å². The molecule has 0 unspecified atom stereocenters. The van der Waals surface area contributed by atoms with Crippen molar-refractivity contribution in [3.8, 4) is 0 Å². The Morgan fingerprint density at radius 1 is 1.07 bits per heavy atom. The van der Waals surface area contributed by atoms with E-state index in [4.69, 9.17) is 9.47 Å². The van der Waals surface area contributed by atoms with E-state index in [0.29, 0.717) is 42.8 Å². The fraction of sp³-hybridized carbons (Fsp3) is 0.500. The van der Waals surface area contributed by atoms with Gasteiger partial charge in [0.05, 0.1) is 18.4 Å². The van der Waals surface area contributed by atoms with E-state index < -0.39 is 11.6 Å². The third-order valence-electron chi connectivity index (χ3n) is 4.20. The summed E-state index contributed by atoms with van der Waals surface area (Å²) in [5.74, 6) is -0.483. The molecule has 9 nitrogen and oxygen atoms in total. The van der Waals surface area contributed by atoms with Gasteiger partial charge in [-0.2, -0.15) is 0 Å². The van der Waals surface area contributed by atoms with E-state index >= 15 is 0 Å². The molecule has 0 radical (unpaired) electrons. The summed E-state index contributed by atoms with van der Waals surface area (Å²) in [7, 11) is 1.32. The Hall–Kier alpha value is -2.97. The van der Waals surface area contributed by atoms with Gasteiger partial charge in [0, 0.05) is 26.2 Å². The number of amides is 1. The molecule has 2 heterocycles. The van der Waals surface area contributed by atoms with Crippen molar-refractivity contribution in [1.82, 2.24) is 20.1 Å². The molecule has 0 aliphatic carbocycles. The second-order valence-corrected chi connectivity index (χ2v) is 7.24. The predicted octanol–water partition coefficient (Wildman–Crippen LogP) is 1.87. The lowest BCUT2D eigenvalue weighted by Gasteiger charge is -2.37. The largest absolute Gasteiger partial charge is 0.465 e. The fourth-order valence-electron chi connectivity index (χ4n) is 2.95. The molecule has 1 saturated heterocycles. The molecule has 1 aromatic carbocycles. The normalized spacial score (nSPS) is 15.0. The van der Waals surface area contributed by atoms with Crippen LogP contribution < -0.4 is 4.90 Å². The second kappa shape index (κ2) is 7.34. The standard InChI is InChI=1S/C18H23N5O4/c1-18(2,3)27-17(25)23-9-7-22(8-10-23)13-6-5-12(16(24)26-4)14-15(13)19-11-20-21-14/h5-6,11H,7-10H2,1-4H3. The van der Waals surface area contributed by atoms with E-state index in [0.717, 1.165) is 5.69 Å². The molecule has 2 aromatic rings. The third kappa shape index (κ3) is 4.07. The van der Waals surface area contributed by atoms with Gasteiger partial charge in [0.25, 0.3) is 0 Å². The smallest absolute Gasteiger partial charge is 0.410 e. The van der Waals surface area contributed by atoms with Crippen LogP contribution in [0.4, 0.5) is 10.5 Å². The second-order valence-electron chi connectivity index (χ2n) is 7.24. The van der Waals surface area contributed by atoms with Crippen LogP contribution in [-0.2, 0) is 9.47 Å². The van der Waals surface area contributed by atoms with Crippen LogP contribution in [0.5, 0.6) is 0 Å². The van der Waals surface area contributed by atoms with E-state index in [2.05, 4.69) is 20.1 Å². The summed E-state index contributed by atoms with van der Waals surface area (Å²) in [6.07, 6.45) is 1.04. The number of esters is 1. The van der Waals surface area contributed by atoms with Gasteiger partial charge < -0.3 is 19.3 Å². The van der Waals surface area contributed by atoms with Gasteiger partial charge in [-0.1, -0.05) is 0 Å². The summed E-state index contributed by atoms with van der Waals surface area (Å²) in [6, 6.07) is 3.49. The van der Waals surface area contributed by atoms with Crippen molar-refractivity contribution in [2.24, 2.45) is 0 Å². The molecule has 0 N–H and O–H groups in total. The highest BCUT2D eigenvalue weighted by atomic mass is 16.6. The number of carbonyl (C=O) groups excluding carboxylic acids is 2. The van der Waals surface area contributed by atoms with E-state index in [1.807, 2.05) is 26.8 Å². The average molecular weight is 373 g/mol. The van der Waals surface area contributed by atoms with Gasteiger partial charge in [-0.25, -0.2) is 14.6 Å². The number of anilines is 1. The minimum absolute atomic E-state index is 0.308. The van der Waals surface area contributed by atoms with E-state index in [9.17, 15) is 9.59 Å². The van der Waals surface area contributed by atoms with Crippen LogP contribution in [0.1, 0.15) is 31.1 Å². The van der Waals surface area contributed by atoms with Crippen molar-refractivity contribution in [2.45, 2.75) is 26.4 Å². The van der Waals surface area contributed by atoms with Gasteiger partial charge in [0.15, 0.2) is 0 Å². The zero-order valence-electron chi connectivity index (χ0n) is 15.9. The lowest BCUT2D eigenvalue weighted by atomic mass is 10.1. The summed E-state index contributed by atoms with van der Waals surface area (Å²) >= 11 is 0. The summed E-state index contributed by atoms with van der Waals surface area (Å²) in [5, 5.41) is 7.85. The molecule has 9 heteroatoms. The van der Waals surface area contributed by atoms with Crippen LogP contribution in [-0.4, -0.2) is 71.0 Å². The fourth-order valence-corrected chi connectivity index (χ4v) is 2.95. The van der Waals surface area contributed by atoms with Crippen molar-refractivity contribution < 1.29 is 19.1 Å². The Morgan fingerprint density at radius 3 is 2.41 bits per heavy atom. The van der Waals surface area contributed by atoms with E-state index in [1.165, 1.54) is 13.4 Å².